The van der Waals surface area contributed by atoms with Crippen LogP contribution in [0.2, 0.25) is 0 Å². The van der Waals surface area contributed by atoms with Gasteiger partial charge in [-0.1, -0.05) is 13.8 Å². The van der Waals surface area contributed by atoms with Gasteiger partial charge in [0.2, 0.25) is 0 Å². The van der Waals surface area contributed by atoms with Crippen LogP contribution in [0.4, 0.5) is 4.79 Å². The van der Waals surface area contributed by atoms with Crippen LogP contribution in [0.3, 0.4) is 0 Å². The summed E-state index contributed by atoms with van der Waals surface area (Å²) in [5.41, 5.74) is 0. The number of amides is 2. The van der Waals surface area contributed by atoms with Crippen LogP contribution in [-0.4, -0.2) is 53.1 Å². The molecule has 2 N–H and O–H groups in total. The summed E-state index contributed by atoms with van der Waals surface area (Å²) in [6.07, 6.45) is 3.51. The van der Waals surface area contributed by atoms with Gasteiger partial charge in [0.25, 0.3) is 0 Å². The number of aliphatic carboxylic acids is 1. The van der Waals surface area contributed by atoms with E-state index >= 15 is 0 Å². The zero-order valence-corrected chi connectivity index (χ0v) is 12.7. The minimum absolute atomic E-state index is 0.244. The van der Waals surface area contributed by atoms with Gasteiger partial charge >= 0.3 is 12.0 Å². The van der Waals surface area contributed by atoms with Gasteiger partial charge in [-0.25, -0.2) is 9.59 Å². The average Bonchev–Trinajstić information content (AvgIpc) is 2.32. The van der Waals surface area contributed by atoms with E-state index in [-0.39, 0.29) is 6.03 Å². The predicted octanol–water partition coefficient (Wildman–Crippen LogP) is 1.88. The number of hydrogen-bond donors (Lipinski definition) is 2. The molecule has 0 aromatic rings. The number of urea groups is 1. The molecule has 0 radical (unpaired) electrons. The highest BCUT2D eigenvalue weighted by Crippen LogP contribution is 2.20. The molecule has 1 aliphatic heterocycles. The maximum Gasteiger partial charge on any atom is 0.326 e. The van der Waals surface area contributed by atoms with E-state index in [2.05, 4.69) is 19.2 Å². The molecule has 1 rings (SSSR count). The number of carbonyl (C=O) groups is 2. The van der Waals surface area contributed by atoms with Crippen LogP contribution in [0, 0.1) is 11.8 Å². The van der Waals surface area contributed by atoms with E-state index in [1.54, 1.807) is 16.7 Å². The summed E-state index contributed by atoms with van der Waals surface area (Å²) >= 11 is 1.58. The van der Waals surface area contributed by atoms with E-state index in [1.165, 1.54) is 0 Å². The Kier molecular flexibility index (Phi) is 6.48. The summed E-state index contributed by atoms with van der Waals surface area (Å²) in [6.45, 7) is 5.67. The molecular weight excluding hydrogens is 264 g/mol. The zero-order valence-electron chi connectivity index (χ0n) is 11.9. The number of rotatable bonds is 5. The number of nitrogens with one attached hydrogen (secondary N) is 1. The summed E-state index contributed by atoms with van der Waals surface area (Å²) < 4.78 is 0. The number of nitrogens with zero attached hydrogens (tertiary/aromatic N) is 1. The minimum atomic E-state index is -0.958. The van der Waals surface area contributed by atoms with Gasteiger partial charge in [-0.2, -0.15) is 11.8 Å². The maximum atomic E-state index is 12.1. The molecule has 3 atom stereocenters. The third-order valence-corrected chi connectivity index (χ3v) is 4.01. The first-order chi connectivity index (χ1) is 8.93. The largest absolute Gasteiger partial charge is 0.480 e. The highest BCUT2D eigenvalue weighted by Gasteiger charge is 2.28. The molecule has 1 saturated heterocycles. The van der Waals surface area contributed by atoms with Crippen molar-refractivity contribution in [2.24, 2.45) is 11.8 Å². The maximum absolute atomic E-state index is 12.1. The second-order valence-corrected chi connectivity index (χ2v) is 6.46. The quantitative estimate of drug-likeness (QED) is 0.810. The van der Waals surface area contributed by atoms with Crippen molar-refractivity contribution in [3.63, 3.8) is 0 Å². The molecule has 2 amide bonds. The predicted molar refractivity (Wildman–Crippen MR) is 77.5 cm³/mol. The second kappa shape index (κ2) is 7.62. The Bertz CT molecular complexity index is 315. The Morgan fingerprint density at radius 3 is 2.42 bits per heavy atom. The van der Waals surface area contributed by atoms with Crippen LogP contribution in [-0.2, 0) is 4.79 Å². The summed E-state index contributed by atoms with van der Waals surface area (Å²) in [5, 5.41) is 11.7. The van der Waals surface area contributed by atoms with Crippen LogP contribution in [0.5, 0.6) is 0 Å². The smallest absolute Gasteiger partial charge is 0.326 e. The highest BCUT2D eigenvalue weighted by molar-refractivity contribution is 7.98. The fraction of sp³-hybridized carbons (Fsp3) is 0.846. The molecule has 5 nitrogen and oxygen atoms in total. The Morgan fingerprint density at radius 1 is 1.37 bits per heavy atom. The lowest BCUT2D eigenvalue weighted by Crippen LogP contribution is -2.52. The molecule has 0 aromatic heterocycles. The molecule has 0 unspecified atom stereocenters. The van der Waals surface area contributed by atoms with Gasteiger partial charge in [-0.3, -0.25) is 0 Å². The minimum Gasteiger partial charge on any atom is -0.480 e. The first kappa shape index (κ1) is 16.1. The number of likely N-dealkylation sites (tertiary alicyclic amines) is 1. The Balaban J connectivity index is 2.53. The van der Waals surface area contributed by atoms with Crippen molar-refractivity contribution in [1.29, 1.82) is 0 Å². The Hall–Kier alpha value is -0.910. The number of carbonyl (C=O) groups excluding carboxylic acids is 1. The number of carboxylic acids is 1. The van der Waals surface area contributed by atoms with Crippen LogP contribution >= 0.6 is 11.8 Å². The van der Waals surface area contributed by atoms with Crippen molar-refractivity contribution >= 4 is 23.8 Å². The molecule has 0 aromatic carbocycles. The van der Waals surface area contributed by atoms with Gasteiger partial charge in [0.1, 0.15) is 6.04 Å². The molecule has 1 aliphatic rings. The van der Waals surface area contributed by atoms with Gasteiger partial charge in [-0.15, -0.1) is 0 Å². The number of hydrogen-bond acceptors (Lipinski definition) is 3. The first-order valence-corrected chi connectivity index (χ1v) is 8.10. The summed E-state index contributed by atoms with van der Waals surface area (Å²) in [7, 11) is 0. The number of carboxylic acid groups (broad SMARTS) is 1. The van der Waals surface area contributed by atoms with Crippen LogP contribution in [0.15, 0.2) is 0 Å². The van der Waals surface area contributed by atoms with Gasteiger partial charge < -0.3 is 15.3 Å². The summed E-state index contributed by atoms with van der Waals surface area (Å²) in [6, 6.07) is -1.03. The summed E-state index contributed by atoms with van der Waals surface area (Å²) in [5.74, 6) is 0.720. The molecule has 0 saturated carbocycles. The molecule has 0 aliphatic carbocycles. The first-order valence-electron chi connectivity index (χ1n) is 6.71. The fourth-order valence-electron chi connectivity index (χ4n) is 2.56. The van der Waals surface area contributed by atoms with Crippen molar-refractivity contribution < 1.29 is 14.7 Å². The molecule has 19 heavy (non-hydrogen) atoms. The molecule has 0 bridgehead atoms. The van der Waals surface area contributed by atoms with E-state index in [9.17, 15) is 9.59 Å². The average molecular weight is 288 g/mol. The number of thioether (sulfide) groups is 1. The van der Waals surface area contributed by atoms with E-state index < -0.39 is 12.0 Å². The standard InChI is InChI=1S/C13H24N2O3S/c1-9-6-10(2)8-15(7-9)13(18)14-11(12(16)17)4-5-19-3/h9-11H,4-8H2,1-3H3,(H,14,18)(H,16,17)/t9-,10-,11+/m1/s1. The van der Waals surface area contributed by atoms with Crippen molar-refractivity contribution in [3.8, 4) is 0 Å². The SMILES string of the molecule is CSCC[C@H](NC(=O)N1C[C@H](C)C[C@@H](C)C1)C(=O)O. The highest BCUT2D eigenvalue weighted by atomic mass is 32.2. The third kappa shape index (κ3) is 5.30. The number of piperidine rings is 1. The second-order valence-electron chi connectivity index (χ2n) is 5.47. The molecule has 110 valence electrons. The normalized spacial score (nSPS) is 24.9. The van der Waals surface area contributed by atoms with E-state index in [4.69, 9.17) is 5.11 Å². The molecule has 0 spiro atoms. The lowest BCUT2D eigenvalue weighted by atomic mass is 9.92. The molecule has 6 heteroatoms. The van der Waals surface area contributed by atoms with Gasteiger partial charge in [0.05, 0.1) is 0 Å². The van der Waals surface area contributed by atoms with Crippen LogP contribution < -0.4 is 5.32 Å². The molecule has 1 fully saturated rings. The Morgan fingerprint density at radius 2 is 1.95 bits per heavy atom. The fourth-order valence-corrected chi connectivity index (χ4v) is 3.03. The van der Waals surface area contributed by atoms with Crippen LogP contribution in [0.1, 0.15) is 26.7 Å². The van der Waals surface area contributed by atoms with Gasteiger partial charge in [-0.05, 0) is 36.7 Å². The Labute approximate surface area is 119 Å². The van der Waals surface area contributed by atoms with Crippen molar-refractivity contribution in [1.82, 2.24) is 10.2 Å². The lowest BCUT2D eigenvalue weighted by molar-refractivity contribution is -0.139. The van der Waals surface area contributed by atoms with Gasteiger partial charge in [0, 0.05) is 13.1 Å². The molecular formula is C13H24N2O3S. The monoisotopic (exact) mass is 288 g/mol. The topological polar surface area (TPSA) is 69.6 Å². The van der Waals surface area contributed by atoms with E-state index in [0.717, 1.165) is 12.2 Å². The lowest BCUT2D eigenvalue weighted by Gasteiger charge is -2.35. The zero-order chi connectivity index (χ0) is 14.4. The van der Waals surface area contributed by atoms with Crippen LogP contribution in [0.25, 0.3) is 0 Å². The summed E-state index contributed by atoms with van der Waals surface area (Å²) in [4.78, 5) is 25.0. The van der Waals surface area contributed by atoms with E-state index in [1.807, 2.05) is 6.26 Å². The van der Waals surface area contributed by atoms with Crippen molar-refractivity contribution in [2.75, 3.05) is 25.1 Å². The molecule has 1 heterocycles. The van der Waals surface area contributed by atoms with Crippen molar-refractivity contribution in [2.45, 2.75) is 32.7 Å². The third-order valence-electron chi connectivity index (χ3n) is 3.36. The van der Waals surface area contributed by atoms with E-state index in [0.29, 0.717) is 31.3 Å². The van der Waals surface area contributed by atoms with Crippen molar-refractivity contribution in [3.05, 3.63) is 0 Å². The van der Waals surface area contributed by atoms with Gasteiger partial charge in [0.15, 0.2) is 0 Å².